The lowest BCUT2D eigenvalue weighted by molar-refractivity contribution is -0.138. The molecule has 5 nitrogen and oxygen atoms in total. The van der Waals surface area contributed by atoms with Crippen LogP contribution in [0.25, 0.3) is 0 Å². The number of carbonyl (C=O) groups is 1. The number of carboxylic acid groups (broad SMARTS) is 1. The molecule has 0 amide bonds. The second-order valence-electron chi connectivity index (χ2n) is 3.40. The number of hydrogen-bond donors (Lipinski definition) is 2. The van der Waals surface area contributed by atoms with Gasteiger partial charge in [0, 0.05) is 12.3 Å². The first-order valence-electron chi connectivity index (χ1n) is 4.61. The van der Waals surface area contributed by atoms with Crippen LogP contribution in [0.3, 0.4) is 0 Å². The average Bonchev–Trinajstić information content (AvgIpc) is 2.16. The van der Waals surface area contributed by atoms with E-state index < -0.39 is 12.0 Å². The summed E-state index contributed by atoms with van der Waals surface area (Å²) in [7, 11) is 0. The van der Waals surface area contributed by atoms with Crippen molar-refractivity contribution < 1.29 is 14.6 Å². The van der Waals surface area contributed by atoms with Gasteiger partial charge >= 0.3 is 5.97 Å². The SMILES string of the molecule is CC(C)Oc1ccnc(C(N)C(=O)O)c1. The van der Waals surface area contributed by atoms with E-state index in [2.05, 4.69) is 4.98 Å². The monoisotopic (exact) mass is 210 g/mol. The molecule has 15 heavy (non-hydrogen) atoms. The van der Waals surface area contributed by atoms with Crippen LogP contribution in [0.5, 0.6) is 5.75 Å². The molecule has 5 heteroatoms. The number of nitrogens with zero attached hydrogens (tertiary/aromatic N) is 1. The molecule has 0 aliphatic heterocycles. The fraction of sp³-hybridized carbons (Fsp3) is 0.400. The predicted molar refractivity (Wildman–Crippen MR) is 54.6 cm³/mol. The fourth-order valence-electron chi connectivity index (χ4n) is 1.07. The van der Waals surface area contributed by atoms with Crippen molar-refractivity contribution in [1.82, 2.24) is 4.98 Å². The van der Waals surface area contributed by atoms with E-state index >= 15 is 0 Å². The van der Waals surface area contributed by atoms with Gasteiger partial charge in [-0.3, -0.25) is 9.78 Å². The van der Waals surface area contributed by atoms with Crippen LogP contribution in [0.1, 0.15) is 25.6 Å². The summed E-state index contributed by atoms with van der Waals surface area (Å²) < 4.78 is 5.40. The van der Waals surface area contributed by atoms with E-state index in [4.69, 9.17) is 15.6 Å². The quantitative estimate of drug-likeness (QED) is 0.772. The van der Waals surface area contributed by atoms with E-state index in [9.17, 15) is 4.79 Å². The molecule has 0 bridgehead atoms. The number of nitrogens with two attached hydrogens (primary N) is 1. The molecule has 0 saturated heterocycles. The highest BCUT2D eigenvalue weighted by Crippen LogP contribution is 2.16. The molecule has 0 saturated carbocycles. The van der Waals surface area contributed by atoms with Crippen LogP contribution < -0.4 is 10.5 Å². The number of aliphatic carboxylic acids is 1. The number of hydrogen-bond acceptors (Lipinski definition) is 4. The third-order valence-corrected chi connectivity index (χ3v) is 1.71. The summed E-state index contributed by atoms with van der Waals surface area (Å²) in [5, 5.41) is 8.70. The van der Waals surface area contributed by atoms with Crippen LogP contribution in [0.4, 0.5) is 0 Å². The van der Waals surface area contributed by atoms with Crippen molar-refractivity contribution in [3.8, 4) is 5.75 Å². The lowest BCUT2D eigenvalue weighted by atomic mass is 10.2. The molecule has 0 aliphatic rings. The van der Waals surface area contributed by atoms with Crippen LogP contribution >= 0.6 is 0 Å². The second kappa shape index (κ2) is 4.75. The van der Waals surface area contributed by atoms with Crippen molar-refractivity contribution in [3.05, 3.63) is 24.0 Å². The second-order valence-corrected chi connectivity index (χ2v) is 3.40. The Kier molecular flexibility index (Phi) is 3.62. The van der Waals surface area contributed by atoms with Gasteiger partial charge in [0.05, 0.1) is 11.8 Å². The summed E-state index contributed by atoms with van der Waals surface area (Å²) in [5.74, 6) is -0.532. The average molecular weight is 210 g/mol. The number of aromatic nitrogens is 1. The molecule has 0 spiro atoms. The maximum Gasteiger partial charge on any atom is 0.326 e. The van der Waals surface area contributed by atoms with Gasteiger partial charge in [0.2, 0.25) is 0 Å². The number of rotatable bonds is 4. The number of ether oxygens (including phenoxy) is 1. The van der Waals surface area contributed by atoms with Gasteiger partial charge in [-0.25, -0.2) is 0 Å². The van der Waals surface area contributed by atoms with Crippen LogP contribution in [0.15, 0.2) is 18.3 Å². The Morgan fingerprint density at radius 2 is 2.27 bits per heavy atom. The van der Waals surface area contributed by atoms with E-state index in [0.29, 0.717) is 11.4 Å². The molecule has 0 radical (unpaired) electrons. The molecule has 1 heterocycles. The molecule has 1 atom stereocenters. The highest BCUT2D eigenvalue weighted by molar-refractivity contribution is 5.74. The zero-order chi connectivity index (χ0) is 11.4. The smallest absolute Gasteiger partial charge is 0.326 e. The zero-order valence-corrected chi connectivity index (χ0v) is 8.68. The molecule has 3 N–H and O–H groups in total. The maximum atomic E-state index is 10.6. The summed E-state index contributed by atoms with van der Waals surface area (Å²) >= 11 is 0. The molecule has 82 valence electrons. The topological polar surface area (TPSA) is 85.4 Å². The molecule has 1 aromatic heterocycles. The summed E-state index contributed by atoms with van der Waals surface area (Å²) in [6.07, 6.45) is 1.51. The fourth-order valence-corrected chi connectivity index (χ4v) is 1.07. The first-order chi connectivity index (χ1) is 7.00. The first kappa shape index (κ1) is 11.5. The molecule has 0 aromatic carbocycles. The molecule has 0 aliphatic carbocycles. The van der Waals surface area contributed by atoms with Crippen LogP contribution in [0, 0.1) is 0 Å². The predicted octanol–water partition coefficient (Wildman–Crippen LogP) is 0.953. The third-order valence-electron chi connectivity index (χ3n) is 1.71. The van der Waals surface area contributed by atoms with E-state index in [1.807, 2.05) is 13.8 Å². The lowest BCUT2D eigenvalue weighted by Gasteiger charge is -2.11. The highest BCUT2D eigenvalue weighted by Gasteiger charge is 2.16. The van der Waals surface area contributed by atoms with Crippen molar-refractivity contribution in [3.63, 3.8) is 0 Å². The standard InChI is InChI=1S/C10H14N2O3/c1-6(2)15-7-3-4-12-8(5-7)9(11)10(13)14/h3-6,9H,11H2,1-2H3,(H,13,14). The van der Waals surface area contributed by atoms with Crippen molar-refractivity contribution in [2.24, 2.45) is 5.73 Å². The Hall–Kier alpha value is -1.62. The molecule has 0 fully saturated rings. The van der Waals surface area contributed by atoms with Gasteiger partial charge in [0.1, 0.15) is 11.8 Å². The summed E-state index contributed by atoms with van der Waals surface area (Å²) in [4.78, 5) is 14.5. The minimum atomic E-state index is -1.11. The Labute approximate surface area is 87.9 Å². The van der Waals surface area contributed by atoms with Crippen molar-refractivity contribution in [2.45, 2.75) is 26.0 Å². The third kappa shape index (κ3) is 3.21. The number of pyridine rings is 1. The Morgan fingerprint density at radius 1 is 1.60 bits per heavy atom. The number of carboxylic acids is 1. The van der Waals surface area contributed by atoms with Crippen molar-refractivity contribution in [1.29, 1.82) is 0 Å². The minimum absolute atomic E-state index is 0.0290. The summed E-state index contributed by atoms with van der Waals surface area (Å²) in [6, 6.07) is 2.09. The van der Waals surface area contributed by atoms with Gasteiger partial charge in [-0.15, -0.1) is 0 Å². The van der Waals surface area contributed by atoms with E-state index in [1.165, 1.54) is 6.20 Å². The largest absolute Gasteiger partial charge is 0.491 e. The van der Waals surface area contributed by atoms with E-state index in [1.54, 1.807) is 12.1 Å². The summed E-state index contributed by atoms with van der Waals surface area (Å²) in [6.45, 7) is 3.77. The van der Waals surface area contributed by atoms with Crippen LogP contribution in [0.2, 0.25) is 0 Å². The Morgan fingerprint density at radius 3 is 2.80 bits per heavy atom. The minimum Gasteiger partial charge on any atom is -0.491 e. The lowest BCUT2D eigenvalue weighted by Crippen LogP contribution is -2.21. The molecular formula is C10H14N2O3. The molecule has 1 aromatic rings. The van der Waals surface area contributed by atoms with E-state index in [0.717, 1.165) is 0 Å². The van der Waals surface area contributed by atoms with Gasteiger partial charge < -0.3 is 15.6 Å². The van der Waals surface area contributed by atoms with Gasteiger partial charge in [-0.1, -0.05) is 0 Å². The van der Waals surface area contributed by atoms with Gasteiger partial charge in [-0.2, -0.15) is 0 Å². The highest BCUT2D eigenvalue weighted by atomic mass is 16.5. The van der Waals surface area contributed by atoms with E-state index in [-0.39, 0.29) is 6.10 Å². The Balaban J connectivity index is 2.87. The normalized spacial score (nSPS) is 12.5. The first-order valence-corrected chi connectivity index (χ1v) is 4.61. The van der Waals surface area contributed by atoms with Crippen LogP contribution in [-0.2, 0) is 4.79 Å². The summed E-state index contributed by atoms with van der Waals surface area (Å²) in [5.41, 5.74) is 5.71. The van der Waals surface area contributed by atoms with Crippen molar-refractivity contribution in [2.75, 3.05) is 0 Å². The molecule has 1 rings (SSSR count). The molecule has 1 unspecified atom stereocenters. The van der Waals surface area contributed by atoms with Crippen molar-refractivity contribution >= 4 is 5.97 Å². The van der Waals surface area contributed by atoms with Gasteiger partial charge in [-0.05, 0) is 19.9 Å². The Bertz CT molecular complexity index is 352. The van der Waals surface area contributed by atoms with Gasteiger partial charge in [0.15, 0.2) is 0 Å². The molecular weight excluding hydrogens is 196 g/mol. The van der Waals surface area contributed by atoms with Gasteiger partial charge in [0.25, 0.3) is 0 Å². The maximum absolute atomic E-state index is 10.6. The van der Waals surface area contributed by atoms with Crippen LogP contribution in [-0.4, -0.2) is 22.2 Å². The zero-order valence-electron chi connectivity index (χ0n) is 8.68.